The Balaban J connectivity index is 1.28. The normalized spacial score (nSPS) is 18.8. The molecular formula is C45H43N. The summed E-state index contributed by atoms with van der Waals surface area (Å²) in [6.07, 6.45) is 14.4. The number of benzene rings is 6. The van der Waals surface area contributed by atoms with Crippen molar-refractivity contribution in [2.45, 2.75) is 83.1 Å². The molecule has 0 N–H and O–H groups in total. The first-order chi connectivity index (χ1) is 22.3. The molecule has 1 unspecified atom stereocenters. The van der Waals surface area contributed by atoms with Gasteiger partial charge in [-0.15, -0.1) is 0 Å². The van der Waals surface area contributed by atoms with Crippen LogP contribution in [0.25, 0.3) is 54.1 Å². The Bertz CT molecular complexity index is 2340. The van der Waals surface area contributed by atoms with E-state index in [-0.39, 0.29) is 10.8 Å². The summed E-state index contributed by atoms with van der Waals surface area (Å²) in [7, 11) is 0. The molecule has 0 bridgehead atoms. The second kappa shape index (κ2) is 10.1. The van der Waals surface area contributed by atoms with Crippen LogP contribution in [0.5, 0.6) is 0 Å². The summed E-state index contributed by atoms with van der Waals surface area (Å²) in [5, 5.41) is 11.2. The van der Waals surface area contributed by atoms with Crippen LogP contribution >= 0.6 is 0 Å². The van der Waals surface area contributed by atoms with Gasteiger partial charge in [-0.25, -0.2) is 0 Å². The summed E-state index contributed by atoms with van der Waals surface area (Å²) < 4.78 is 2.59. The van der Waals surface area contributed by atoms with E-state index >= 15 is 0 Å². The molecule has 1 atom stereocenters. The highest BCUT2D eigenvalue weighted by atomic mass is 15.0. The van der Waals surface area contributed by atoms with Gasteiger partial charge in [0.15, 0.2) is 0 Å². The molecule has 46 heavy (non-hydrogen) atoms. The average molecular weight is 598 g/mol. The lowest BCUT2D eigenvalue weighted by atomic mass is 9.64. The lowest BCUT2D eigenvalue weighted by Crippen LogP contribution is -2.30. The third kappa shape index (κ3) is 4.07. The first kappa shape index (κ1) is 27.9. The van der Waals surface area contributed by atoms with E-state index in [0.717, 1.165) is 6.42 Å². The van der Waals surface area contributed by atoms with E-state index in [0.29, 0.717) is 6.04 Å². The molecule has 0 radical (unpaired) electrons. The highest BCUT2D eigenvalue weighted by Gasteiger charge is 2.38. The molecule has 2 aliphatic carbocycles. The second-order valence-corrected chi connectivity index (χ2v) is 15.3. The Hall–Kier alpha value is -4.36. The number of rotatable bonds is 3. The molecule has 0 aliphatic heterocycles. The minimum Gasteiger partial charge on any atom is -0.333 e. The summed E-state index contributed by atoms with van der Waals surface area (Å²) in [5.41, 5.74) is 8.59. The van der Waals surface area contributed by atoms with E-state index in [4.69, 9.17) is 0 Å². The van der Waals surface area contributed by atoms with Crippen molar-refractivity contribution in [3.63, 3.8) is 0 Å². The van der Waals surface area contributed by atoms with Gasteiger partial charge in [-0.2, -0.15) is 0 Å². The molecule has 228 valence electrons. The van der Waals surface area contributed by atoms with Crippen LogP contribution in [0.1, 0.15) is 89.0 Å². The molecule has 1 nitrogen and oxygen atoms in total. The Kier molecular flexibility index (Phi) is 6.11. The van der Waals surface area contributed by atoms with E-state index in [1.807, 2.05) is 0 Å². The fourth-order valence-corrected chi connectivity index (χ4v) is 9.10. The molecule has 9 rings (SSSR count). The highest BCUT2D eigenvalue weighted by Crippen LogP contribution is 2.50. The number of hydrogen-bond acceptors (Lipinski definition) is 0. The quantitative estimate of drug-likeness (QED) is 0.179. The van der Waals surface area contributed by atoms with Crippen LogP contribution in [0.15, 0.2) is 115 Å². The van der Waals surface area contributed by atoms with Crippen molar-refractivity contribution in [3.05, 3.63) is 131 Å². The standard InChI is InChI=1S/C45H43N/c1-29-12-19-35(20-13-29)46-40-11-7-6-10-36(40)38-28-33(18-23-41(38)46)45(24-8-5-9-25-45)39-22-17-30-14-15-31-26-34(44(2,3)4)27-32-16-21-37(39)43(30)42(31)32/h6-7,10-19,21-23,26-28,35H,5,8-9,20,24-25H2,1-4H3. The highest BCUT2D eigenvalue weighted by molar-refractivity contribution is 6.24. The average Bonchev–Trinajstić information content (AvgIpc) is 3.41. The SMILES string of the molecule is CC1=CCC(n2c3ccccc3c3cc(C4(c5ccc6ccc7cc(C(C)(C)C)cc8ccc5c6c78)CCCCC4)ccc32)C=C1. The van der Waals surface area contributed by atoms with Crippen LogP contribution in [-0.4, -0.2) is 4.57 Å². The summed E-state index contributed by atoms with van der Waals surface area (Å²) in [5.74, 6) is 0. The van der Waals surface area contributed by atoms with E-state index in [2.05, 4.69) is 141 Å². The molecule has 0 spiro atoms. The minimum absolute atomic E-state index is 0.000876. The van der Waals surface area contributed by atoms with Crippen LogP contribution in [0.2, 0.25) is 0 Å². The molecule has 0 saturated heterocycles. The monoisotopic (exact) mass is 597 g/mol. The topological polar surface area (TPSA) is 4.93 Å². The zero-order valence-corrected chi connectivity index (χ0v) is 27.7. The number of aromatic nitrogens is 1. The number of nitrogens with zero attached hydrogens (tertiary/aromatic N) is 1. The molecule has 1 heterocycles. The second-order valence-electron chi connectivity index (χ2n) is 15.3. The Morgan fingerprint density at radius 1 is 0.674 bits per heavy atom. The van der Waals surface area contributed by atoms with E-state index in [1.165, 1.54) is 108 Å². The first-order valence-electron chi connectivity index (χ1n) is 17.4. The van der Waals surface area contributed by atoms with Crippen LogP contribution in [0.4, 0.5) is 0 Å². The third-order valence-electron chi connectivity index (χ3n) is 11.5. The fourth-order valence-electron chi connectivity index (χ4n) is 9.10. The lowest BCUT2D eigenvalue weighted by molar-refractivity contribution is 0.348. The Morgan fingerprint density at radius 2 is 1.39 bits per heavy atom. The summed E-state index contributed by atoms with van der Waals surface area (Å²) in [4.78, 5) is 0. The van der Waals surface area contributed by atoms with Gasteiger partial charge in [0, 0.05) is 27.2 Å². The van der Waals surface area contributed by atoms with Gasteiger partial charge in [0.25, 0.3) is 0 Å². The van der Waals surface area contributed by atoms with Crippen molar-refractivity contribution in [3.8, 4) is 0 Å². The zero-order valence-electron chi connectivity index (χ0n) is 27.7. The van der Waals surface area contributed by atoms with Gasteiger partial charge in [0.1, 0.15) is 0 Å². The number of hydrogen-bond donors (Lipinski definition) is 0. The first-order valence-corrected chi connectivity index (χ1v) is 17.4. The predicted octanol–water partition coefficient (Wildman–Crippen LogP) is 12.7. The third-order valence-corrected chi connectivity index (χ3v) is 11.5. The van der Waals surface area contributed by atoms with Gasteiger partial charge in [-0.1, -0.05) is 137 Å². The maximum Gasteiger partial charge on any atom is 0.0560 e. The Labute approximate surface area is 272 Å². The van der Waals surface area contributed by atoms with Crippen molar-refractivity contribution in [2.75, 3.05) is 0 Å². The van der Waals surface area contributed by atoms with Crippen LogP contribution in [0.3, 0.4) is 0 Å². The van der Waals surface area contributed by atoms with Gasteiger partial charge in [0.2, 0.25) is 0 Å². The molecule has 1 aromatic heterocycles. The van der Waals surface area contributed by atoms with Gasteiger partial charge < -0.3 is 4.57 Å². The van der Waals surface area contributed by atoms with Gasteiger partial charge in [-0.3, -0.25) is 0 Å². The van der Waals surface area contributed by atoms with Gasteiger partial charge >= 0.3 is 0 Å². The maximum atomic E-state index is 2.59. The van der Waals surface area contributed by atoms with E-state index in [1.54, 1.807) is 0 Å². The fraction of sp³-hybridized carbons (Fsp3) is 0.289. The van der Waals surface area contributed by atoms with Crippen molar-refractivity contribution in [1.82, 2.24) is 4.57 Å². The molecule has 1 heteroatoms. The predicted molar refractivity (Wildman–Crippen MR) is 199 cm³/mol. The van der Waals surface area contributed by atoms with Crippen LogP contribution in [-0.2, 0) is 10.8 Å². The largest absolute Gasteiger partial charge is 0.333 e. The number of allylic oxidation sites excluding steroid dienone is 4. The van der Waals surface area contributed by atoms with Gasteiger partial charge in [0.05, 0.1) is 6.04 Å². The Morgan fingerprint density at radius 3 is 2.15 bits per heavy atom. The van der Waals surface area contributed by atoms with Crippen molar-refractivity contribution in [1.29, 1.82) is 0 Å². The molecule has 2 aliphatic rings. The molecular weight excluding hydrogens is 555 g/mol. The molecule has 6 aromatic carbocycles. The molecule has 0 amide bonds. The number of para-hydroxylation sites is 1. The van der Waals surface area contributed by atoms with Crippen molar-refractivity contribution in [2.24, 2.45) is 0 Å². The van der Waals surface area contributed by atoms with Crippen molar-refractivity contribution < 1.29 is 0 Å². The molecule has 1 saturated carbocycles. The van der Waals surface area contributed by atoms with Crippen molar-refractivity contribution >= 4 is 54.1 Å². The molecule has 7 aromatic rings. The van der Waals surface area contributed by atoms with E-state index in [9.17, 15) is 0 Å². The van der Waals surface area contributed by atoms with Crippen LogP contribution < -0.4 is 0 Å². The molecule has 1 fully saturated rings. The van der Waals surface area contributed by atoms with Crippen LogP contribution in [0, 0.1) is 0 Å². The van der Waals surface area contributed by atoms with E-state index < -0.39 is 0 Å². The maximum absolute atomic E-state index is 2.59. The lowest BCUT2D eigenvalue weighted by Gasteiger charge is -2.40. The summed E-state index contributed by atoms with van der Waals surface area (Å²) in [6.45, 7) is 9.17. The summed E-state index contributed by atoms with van der Waals surface area (Å²) >= 11 is 0. The smallest absolute Gasteiger partial charge is 0.0560 e. The van der Waals surface area contributed by atoms with Gasteiger partial charge in [-0.05, 0) is 98.8 Å². The number of fused-ring (bicyclic) bond motifs is 3. The minimum atomic E-state index is -0.000876. The summed E-state index contributed by atoms with van der Waals surface area (Å²) in [6, 6.07) is 36.3. The zero-order chi connectivity index (χ0) is 31.2.